The normalized spacial score (nSPS) is 29.0. The summed E-state index contributed by atoms with van der Waals surface area (Å²) < 4.78 is 0. The average molecular weight is 349 g/mol. The first-order valence-corrected chi connectivity index (χ1v) is 9.02. The minimum Gasteiger partial charge on any atom is -0.361 e. The maximum Gasteiger partial charge on any atom is 0.251 e. The molecule has 2 bridgehead atoms. The van der Waals surface area contributed by atoms with Gasteiger partial charge in [0, 0.05) is 30.4 Å². The summed E-state index contributed by atoms with van der Waals surface area (Å²) in [5.74, 6) is -0.269. The summed E-state index contributed by atoms with van der Waals surface area (Å²) in [5, 5.41) is 3.86. The third-order valence-corrected chi connectivity index (χ3v) is 6.00. The van der Waals surface area contributed by atoms with Gasteiger partial charge in [-0.2, -0.15) is 0 Å². The van der Waals surface area contributed by atoms with Crippen molar-refractivity contribution in [3.05, 3.63) is 48.2 Å². The highest BCUT2D eigenvalue weighted by molar-refractivity contribution is 6.06. The Morgan fingerprint density at radius 1 is 1.12 bits per heavy atom. The van der Waals surface area contributed by atoms with Gasteiger partial charge >= 0.3 is 0 Å². The second-order valence-corrected chi connectivity index (χ2v) is 7.36. The number of aromatic amines is 1. The van der Waals surface area contributed by atoms with Crippen LogP contribution in [0, 0.1) is 23.7 Å². The van der Waals surface area contributed by atoms with Crippen molar-refractivity contribution in [1.29, 1.82) is 0 Å². The smallest absolute Gasteiger partial charge is 0.251 e. The van der Waals surface area contributed by atoms with Gasteiger partial charge in [0.05, 0.1) is 11.8 Å². The number of carbonyl (C=O) groups is 3. The SMILES string of the molecule is O=C(NCCN1C(=O)[C@H]2[C@H](C1=O)[C@H]1C=C[C@H]2C1)c1ccc2cc[nH]c2c1. The Morgan fingerprint density at radius 3 is 2.58 bits per heavy atom. The molecule has 0 spiro atoms. The first-order chi connectivity index (χ1) is 12.6. The first-order valence-electron chi connectivity index (χ1n) is 9.02. The number of rotatable bonds is 4. The van der Waals surface area contributed by atoms with Gasteiger partial charge in [0.15, 0.2) is 0 Å². The summed E-state index contributed by atoms with van der Waals surface area (Å²) in [5.41, 5.74) is 1.46. The van der Waals surface area contributed by atoms with Gasteiger partial charge in [-0.25, -0.2) is 0 Å². The number of benzene rings is 1. The quantitative estimate of drug-likeness (QED) is 0.651. The third kappa shape index (κ3) is 2.14. The van der Waals surface area contributed by atoms with Crippen molar-refractivity contribution in [2.75, 3.05) is 13.1 Å². The number of aromatic nitrogens is 1. The predicted molar refractivity (Wildman–Crippen MR) is 95.1 cm³/mol. The molecule has 1 saturated carbocycles. The lowest BCUT2D eigenvalue weighted by atomic mass is 9.85. The molecule has 0 unspecified atom stereocenters. The van der Waals surface area contributed by atoms with Crippen LogP contribution in [-0.4, -0.2) is 40.7 Å². The molecule has 1 saturated heterocycles. The molecule has 0 radical (unpaired) electrons. The lowest BCUT2D eigenvalue weighted by molar-refractivity contribution is -0.140. The molecule has 132 valence electrons. The molecule has 4 atom stereocenters. The van der Waals surface area contributed by atoms with Crippen molar-refractivity contribution in [1.82, 2.24) is 15.2 Å². The van der Waals surface area contributed by atoms with E-state index in [9.17, 15) is 14.4 Å². The van der Waals surface area contributed by atoms with Gasteiger partial charge < -0.3 is 10.3 Å². The van der Waals surface area contributed by atoms with Crippen LogP contribution in [0.1, 0.15) is 16.8 Å². The van der Waals surface area contributed by atoms with Crippen LogP contribution in [0.25, 0.3) is 10.9 Å². The van der Waals surface area contributed by atoms with Crippen LogP contribution < -0.4 is 5.32 Å². The van der Waals surface area contributed by atoms with Crippen molar-refractivity contribution in [3.8, 4) is 0 Å². The van der Waals surface area contributed by atoms with Crippen molar-refractivity contribution >= 4 is 28.6 Å². The summed E-state index contributed by atoms with van der Waals surface area (Å²) in [7, 11) is 0. The van der Waals surface area contributed by atoms with Crippen LogP contribution in [-0.2, 0) is 9.59 Å². The Morgan fingerprint density at radius 2 is 1.85 bits per heavy atom. The van der Waals surface area contributed by atoms with Crippen molar-refractivity contribution in [3.63, 3.8) is 0 Å². The van der Waals surface area contributed by atoms with Crippen LogP contribution in [0.4, 0.5) is 0 Å². The van der Waals surface area contributed by atoms with Gasteiger partial charge in [-0.3, -0.25) is 19.3 Å². The Hall–Kier alpha value is -2.89. The number of imide groups is 1. The minimum absolute atomic E-state index is 0.0705. The van der Waals surface area contributed by atoms with E-state index in [0.29, 0.717) is 5.56 Å². The zero-order valence-electron chi connectivity index (χ0n) is 14.1. The number of carbonyl (C=O) groups excluding carboxylic acids is 3. The number of allylic oxidation sites excluding steroid dienone is 2. The van der Waals surface area contributed by atoms with E-state index >= 15 is 0 Å². The Labute approximate surface area is 150 Å². The van der Waals surface area contributed by atoms with E-state index in [2.05, 4.69) is 22.5 Å². The monoisotopic (exact) mass is 349 g/mol. The summed E-state index contributed by atoms with van der Waals surface area (Å²) >= 11 is 0. The standard InChI is InChI=1S/C20H19N3O3/c24-18(14-4-1-11-5-6-21-15(11)10-14)22-7-8-23-19(25)16-12-2-3-13(9-12)17(16)20(23)26/h1-6,10,12-13,16-17,21H,7-9H2,(H,22,24)/t12-,13-,16+,17+/m0/s1. The molecular formula is C20H19N3O3. The van der Waals surface area contributed by atoms with Crippen LogP contribution in [0.5, 0.6) is 0 Å². The van der Waals surface area contributed by atoms with Crippen LogP contribution in [0.3, 0.4) is 0 Å². The van der Waals surface area contributed by atoms with E-state index in [0.717, 1.165) is 17.3 Å². The zero-order chi connectivity index (χ0) is 17.8. The van der Waals surface area contributed by atoms with E-state index in [1.54, 1.807) is 12.1 Å². The number of nitrogens with zero attached hydrogens (tertiary/aromatic N) is 1. The van der Waals surface area contributed by atoms with E-state index in [1.165, 1.54) is 4.90 Å². The number of hydrogen-bond donors (Lipinski definition) is 2. The largest absolute Gasteiger partial charge is 0.361 e. The molecule has 6 nitrogen and oxygen atoms in total. The van der Waals surface area contributed by atoms with Gasteiger partial charge in [-0.05, 0) is 41.8 Å². The predicted octanol–water partition coefficient (Wildman–Crippen LogP) is 1.70. The average Bonchev–Trinajstić information content (AvgIpc) is 3.40. The number of likely N-dealkylation sites (tertiary alicyclic amines) is 1. The highest BCUT2D eigenvalue weighted by Gasteiger charge is 2.58. The molecule has 2 fully saturated rings. The Kier molecular flexibility index (Phi) is 3.29. The maximum absolute atomic E-state index is 12.6. The van der Waals surface area contributed by atoms with E-state index < -0.39 is 0 Å². The fourth-order valence-corrected chi connectivity index (χ4v) is 4.76. The second-order valence-electron chi connectivity index (χ2n) is 7.36. The number of fused-ring (bicyclic) bond motifs is 6. The molecule has 2 aromatic rings. The van der Waals surface area contributed by atoms with Gasteiger partial charge in [0.1, 0.15) is 0 Å². The van der Waals surface area contributed by atoms with Crippen LogP contribution >= 0.6 is 0 Å². The maximum atomic E-state index is 12.6. The summed E-state index contributed by atoms with van der Waals surface area (Å²) in [6.07, 6.45) is 6.92. The number of nitrogens with one attached hydrogen (secondary N) is 2. The van der Waals surface area contributed by atoms with Gasteiger partial charge in [-0.1, -0.05) is 18.2 Å². The van der Waals surface area contributed by atoms with Gasteiger partial charge in [0.25, 0.3) is 5.91 Å². The van der Waals surface area contributed by atoms with Gasteiger partial charge in [-0.15, -0.1) is 0 Å². The second kappa shape index (κ2) is 5.56. The molecule has 2 aliphatic carbocycles. The third-order valence-electron chi connectivity index (χ3n) is 6.00. The molecule has 3 amide bonds. The fourth-order valence-electron chi connectivity index (χ4n) is 4.76. The van der Waals surface area contributed by atoms with Crippen LogP contribution in [0.15, 0.2) is 42.6 Å². The van der Waals surface area contributed by atoms with Gasteiger partial charge in [0.2, 0.25) is 11.8 Å². The van der Waals surface area contributed by atoms with E-state index in [4.69, 9.17) is 0 Å². The molecule has 26 heavy (non-hydrogen) atoms. The molecule has 5 rings (SSSR count). The molecule has 1 aromatic carbocycles. The molecule has 6 heteroatoms. The number of H-pyrrole nitrogens is 1. The highest BCUT2D eigenvalue weighted by atomic mass is 16.2. The molecular weight excluding hydrogens is 330 g/mol. The summed E-state index contributed by atoms with van der Waals surface area (Å²) in [4.78, 5) is 42.0. The van der Waals surface area contributed by atoms with Crippen LogP contribution in [0.2, 0.25) is 0 Å². The fraction of sp³-hybridized carbons (Fsp3) is 0.350. The van der Waals surface area contributed by atoms with Crippen molar-refractivity contribution in [2.45, 2.75) is 6.42 Å². The summed E-state index contributed by atoms with van der Waals surface area (Å²) in [6.45, 7) is 0.502. The van der Waals surface area contributed by atoms with Crippen molar-refractivity contribution < 1.29 is 14.4 Å². The molecule has 2 heterocycles. The topological polar surface area (TPSA) is 82.3 Å². The van der Waals surface area contributed by atoms with Crippen molar-refractivity contribution in [2.24, 2.45) is 23.7 Å². The lowest BCUT2D eigenvalue weighted by Gasteiger charge is -2.17. The first kappa shape index (κ1) is 15.4. The molecule has 2 N–H and O–H groups in total. The minimum atomic E-state index is -0.206. The molecule has 1 aliphatic heterocycles. The van der Waals surface area contributed by atoms with E-state index in [1.807, 2.05) is 18.3 Å². The number of amides is 3. The lowest BCUT2D eigenvalue weighted by Crippen LogP contribution is -2.39. The number of hydrogen-bond acceptors (Lipinski definition) is 3. The molecule has 3 aliphatic rings. The zero-order valence-corrected chi connectivity index (χ0v) is 14.1. The molecule has 1 aromatic heterocycles. The summed E-state index contributed by atoms with van der Waals surface area (Å²) in [6, 6.07) is 7.40. The Balaban J connectivity index is 1.22. The Bertz CT molecular complexity index is 930. The van der Waals surface area contributed by atoms with E-state index in [-0.39, 0.29) is 54.5 Å². The highest BCUT2D eigenvalue weighted by Crippen LogP contribution is 2.52.